The largest absolute Gasteiger partial charge is 0.483 e. The molecular formula is C14H18N2O5. The van der Waals surface area contributed by atoms with Gasteiger partial charge in [0.05, 0.1) is 0 Å². The van der Waals surface area contributed by atoms with E-state index in [1.165, 1.54) is 0 Å². The van der Waals surface area contributed by atoms with E-state index in [1.807, 2.05) is 32.0 Å². The highest BCUT2D eigenvalue weighted by atomic mass is 16.5. The number of para-hydroxylation sites is 1. The van der Waals surface area contributed by atoms with Gasteiger partial charge in [0.2, 0.25) is 5.91 Å². The minimum absolute atomic E-state index is 0.355. The van der Waals surface area contributed by atoms with Crippen molar-refractivity contribution in [2.45, 2.75) is 13.8 Å². The van der Waals surface area contributed by atoms with Crippen molar-refractivity contribution in [1.29, 1.82) is 0 Å². The van der Waals surface area contributed by atoms with Crippen molar-refractivity contribution < 1.29 is 24.2 Å². The Balaban J connectivity index is 2.73. The van der Waals surface area contributed by atoms with Gasteiger partial charge in [0, 0.05) is 0 Å². The minimum Gasteiger partial charge on any atom is -0.483 e. The normalized spacial score (nSPS) is 10.0. The molecule has 114 valence electrons. The van der Waals surface area contributed by atoms with Crippen molar-refractivity contribution in [3.8, 4) is 5.75 Å². The number of rotatable bonds is 7. The Kier molecular flexibility index (Phi) is 5.71. The molecule has 0 spiro atoms. The fourth-order valence-corrected chi connectivity index (χ4v) is 1.84. The number of carboxylic acid groups (broad SMARTS) is 1. The lowest BCUT2D eigenvalue weighted by Crippen LogP contribution is -2.43. The van der Waals surface area contributed by atoms with Crippen LogP contribution in [0.15, 0.2) is 18.2 Å². The average molecular weight is 294 g/mol. The van der Waals surface area contributed by atoms with Crippen LogP contribution in [0.5, 0.6) is 5.75 Å². The summed E-state index contributed by atoms with van der Waals surface area (Å²) in [5.41, 5.74) is 6.72. The van der Waals surface area contributed by atoms with Gasteiger partial charge in [0.15, 0.2) is 6.61 Å². The molecule has 0 fully saturated rings. The van der Waals surface area contributed by atoms with Gasteiger partial charge in [-0.15, -0.1) is 0 Å². The number of hydrogen-bond donors (Lipinski definition) is 2. The quantitative estimate of drug-likeness (QED) is 0.740. The van der Waals surface area contributed by atoms with Crippen molar-refractivity contribution in [1.82, 2.24) is 4.90 Å². The molecule has 0 unspecified atom stereocenters. The molecule has 0 radical (unpaired) electrons. The van der Waals surface area contributed by atoms with E-state index >= 15 is 0 Å². The first-order valence-corrected chi connectivity index (χ1v) is 6.28. The molecule has 2 amide bonds. The summed E-state index contributed by atoms with van der Waals surface area (Å²) < 4.78 is 5.44. The van der Waals surface area contributed by atoms with E-state index in [4.69, 9.17) is 15.6 Å². The van der Waals surface area contributed by atoms with E-state index in [-0.39, 0.29) is 6.61 Å². The summed E-state index contributed by atoms with van der Waals surface area (Å²) >= 11 is 0. The van der Waals surface area contributed by atoms with E-state index in [0.29, 0.717) is 5.75 Å². The smallest absolute Gasteiger partial charge is 0.323 e. The zero-order valence-electron chi connectivity index (χ0n) is 12.0. The van der Waals surface area contributed by atoms with E-state index in [1.54, 1.807) is 0 Å². The van der Waals surface area contributed by atoms with Gasteiger partial charge in [-0.05, 0) is 25.0 Å². The summed E-state index contributed by atoms with van der Waals surface area (Å²) in [6.45, 7) is 2.27. The first-order valence-electron chi connectivity index (χ1n) is 6.28. The van der Waals surface area contributed by atoms with E-state index in [2.05, 4.69) is 0 Å². The van der Waals surface area contributed by atoms with Crippen molar-refractivity contribution in [2.75, 3.05) is 19.7 Å². The molecule has 7 nitrogen and oxygen atoms in total. The topological polar surface area (TPSA) is 110 Å². The number of ether oxygens (including phenoxy) is 1. The standard InChI is InChI=1S/C14H18N2O5/c1-9-4-3-5-10(2)14(9)21-8-12(18)16(6-11(15)17)7-13(19)20/h3-5H,6-8H2,1-2H3,(H2,15,17)(H,19,20). The highest BCUT2D eigenvalue weighted by Crippen LogP contribution is 2.22. The Morgan fingerprint density at radius 3 is 2.24 bits per heavy atom. The third-order valence-corrected chi connectivity index (χ3v) is 2.77. The van der Waals surface area contributed by atoms with E-state index in [9.17, 15) is 14.4 Å². The molecule has 21 heavy (non-hydrogen) atoms. The van der Waals surface area contributed by atoms with Gasteiger partial charge in [-0.1, -0.05) is 18.2 Å². The number of amides is 2. The maximum atomic E-state index is 11.9. The Labute approximate surface area is 122 Å². The monoisotopic (exact) mass is 294 g/mol. The van der Waals surface area contributed by atoms with Gasteiger partial charge in [0.1, 0.15) is 18.8 Å². The summed E-state index contributed by atoms with van der Waals surface area (Å²) in [6.07, 6.45) is 0. The summed E-state index contributed by atoms with van der Waals surface area (Å²) in [7, 11) is 0. The lowest BCUT2D eigenvalue weighted by molar-refractivity contribution is -0.146. The van der Waals surface area contributed by atoms with Gasteiger partial charge in [0.25, 0.3) is 5.91 Å². The number of benzene rings is 1. The zero-order chi connectivity index (χ0) is 16.0. The predicted molar refractivity (Wildman–Crippen MR) is 74.8 cm³/mol. The molecule has 0 bridgehead atoms. The summed E-state index contributed by atoms with van der Waals surface area (Å²) in [6, 6.07) is 5.54. The molecule has 0 atom stereocenters. The van der Waals surface area contributed by atoms with Crippen LogP contribution in [-0.4, -0.2) is 47.5 Å². The molecule has 0 saturated heterocycles. The highest BCUT2D eigenvalue weighted by molar-refractivity contribution is 5.87. The number of aryl methyl sites for hydroxylation is 2. The first-order chi connectivity index (χ1) is 9.81. The molecule has 0 heterocycles. The molecule has 0 saturated carbocycles. The Bertz CT molecular complexity index is 520. The third-order valence-electron chi connectivity index (χ3n) is 2.77. The molecule has 7 heteroatoms. The fourth-order valence-electron chi connectivity index (χ4n) is 1.84. The van der Waals surface area contributed by atoms with Crippen LogP contribution >= 0.6 is 0 Å². The predicted octanol–water partition coefficient (Wildman–Crippen LogP) is 0.0807. The molecule has 1 rings (SSSR count). The third kappa shape index (κ3) is 5.13. The van der Waals surface area contributed by atoms with Crippen LogP contribution in [-0.2, 0) is 14.4 Å². The van der Waals surface area contributed by atoms with Crippen LogP contribution in [0, 0.1) is 13.8 Å². The zero-order valence-corrected chi connectivity index (χ0v) is 12.0. The van der Waals surface area contributed by atoms with Gasteiger partial charge in [-0.2, -0.15) is 0 Å². The maximum absolute atomic E-state index is 11.9. The summed E-state index contributed by atoms with van der Waals surface area (Å²) in [5.74, 6) is -2.05. The Morgan fingerprint density at radius 1 is 1.19 bits per heavy atom. The molecule has 0 aliphatic carbocycles. The number of carbonyl (C=O) groups is 3. The Morgan fingerprint density at radius 2 is 1.76 bits per heavy atom. The second kappa shape index (κ2) is 7.28. The van der Waals surface area contributed by atoms with Crippen LogP contribution in [0.3, 0.4) is 0 Å². The SMILES string of the molecule is Cc1cccc(C)c1OCC(=O)N(CC(N)=O)CC(=O)O. The van der Waals surface area contributed by atoms with Crippen LogP contribution in [0.4, 0.5) is 0 Å². The van der Waals surface area contributed by atoms with E-state index < -0.39 is 30.9 Å². The number of carboxylic acids is 1. The van der Waals surface area contributed by atoms with Crippen molar-refractivity contribution >= 4 is 17.8 Å². The van der Waals surface area contributed by atoms with Crippen LogP contribution in [0.25, 0.3) is 0 Å². The van der Waals surface area contributed by atoms with Crippen molar-refractivity contribution in [3.63, 3.8) is 0 Å². The first kappa shape index (κ1) is 16.5. The van der Waals surface area contributed by atoms with Gasteiger partial charge < -0.3 is 20.5 Å². The van der Waals surface area contributed by atoms with Crippen molar-refractivity contribution in [2.24, 2.45) is 5.73 Å². The molecular weight excluding hydrogens is 276 g/mol. The molecule has 0 aliphatic rings. The summed E-state index contributed by atoms with van der Waals surface area (Å²) in [4.78, 5) is 34.3. The van der Waals surface area contributed by atoms with Crippen LogP contribution in [0.1, 0.15) is 11.1 Å². The lowest BCUT2D eigenvalue weighted by atomic mass is 10.1. The second-order valence-electron chi connectivity index (χ2n) is 4.62. The molecule has 0 aliphatic heterocycles. The maximum Gasteiger partial charge on any atom is 0.323 e. The molecule has 3 N–H and O–H groups in total. The van der Waals surface area contributed by atoms with Crippen LogP contribution < -0.4 is 10.5 Å². The number of nitrogens with two attached hydrogens (primary N) is 1. The van der Waals surface area contributed by atoms with Gasteiger partial charge in [-0.25, -0.2) is 0 Å². The Hall–Kier alpha value is -2.57. The second-order valence-corrected chi connectivity index (χ2v) is 4.62. The lowest BCUT2D eigenvalue weighted by Gasteiger charge is -2.20. The molecule has 1 aromatic rings. The number of carbonyl (C=O) groups excluding carboxylic acids is 2. The minimum atomic E-state index is -1.23. The van der Waals surface area contributed by atoms with Gasteiger partial charge >= 0.3 is 5.97 Å². The average Bonchev–Trinajstić information content (AvgIpc) is 2.36. The number of primary amides is 1. The van der Waals surface area contributed by atoms with E-state index in [0.717, 1.165) is 16.0 Å². The fraction of sp³-hybridized carbons (Fsp3) is 0.357. The highest BCUT2D eigenvalue weighted by Gasteiger charge is 2.19. The van der Waals surface area contributed by atoms with Gasteiger partial charge in [-0.3, -0.25) is 14.4 Å². The summed E-state index contributed by atoms with van der Waals surface area (Å²) in [5, 5.41) is 8.73. The number of hydrogen-bond acceptors (Lipinski definition) is 4. The number of aliphatic carboxylic acids is 1. The number of nitrogens with zero attached hydrogens (tertiary/aromatic N) is 1. The van der Waals surface area contributed by atoms with Crippen molar-refractivity contribution in [3.05, 3.63) is 29.3 Å². The molecule has 0 aromatic heterocycles. The van der Waals surface area contributed by atoms with Crippen LogP contribution in [0.2, 0.25) is 0 Å². The molecule has 1 aromatic carbocycles.